The molecule has 1 aliphatic carbocycles. The first kappa shape index (κ1) is 17.8. The van der Waals surface area contributed by atoms with Crippen molar-refractivity contribution in [3.63, 3.8) is 0 Å². The maximum atomic E-state index is 4.55. The van der Waals surface area contributed by atoms with Gasteiger partial charge in [0, 0.05) is 24.7 Å². The van der Waals surface area contributed by atoms with Crippen LogP contribution in [0.5, 0.6) is 0 Å². The average molecular weight is 335 g/mol. The molecule has 1 saturated carbocycles. The van der Waals surface area contributed by atoms with Crippen molar-refractivity contribution in [3.8, 4) is 0 Å². The molecule has 1 aliphatic rings. The molecule has 0 atom stereocenters. The van der Waals surface area contributed by atoms with Crippen molar-refractivity contribution in [1.82, 2.24) is 9.88 Å². The van der Waals surface area contributed by atoms with E-state index in [2.05, 4.69) is 58.3 Å². The van der Waals surface area contributed by atoms with Crippen molar-refractivity contribution < 1.29 is 0 Å². The van der Waals surface area contributed by atoms with Crippen LogP contribution in [0.3, 0.4) is 0 Å². The predicted octanol–water partition coefficient (Wildman–Crippen LogP) is 4.51. The zero-order valence-electron chi connectivity index (χ0n) is 15.3. The van der Waals surface area contributed by atoms with E-state index in [4.69, 9.17) is 0 Å². The van der Waals surface area contributed by atoms with Gasteiger partial charge in [-0.25, -0.2) is 0 Å². The van der Waals surface area contributed by atoms with Gasteiger partial charge in [0.05, 0.1) is 6.04 Å². The minimum Gasteiger partial charge on any atom is -0.302 e. The summed E-state index contributed by atoms with van der Waals surface area (Å²) in [6, 6.07) is 15.5. The lowest BCUT2D eigenvalue weighted by Gasteiger charge is -2.16. The number of hydrogen-bond donors (Lipinski definition) is 0. The zero-order valence-corrected chi connectivity index (χ0v) is 15.3. The molecule has 3 heteroatoms. The summed E-state index contributed by atoms with van der Waals surface area (Å²) >= 11 is 0. The summed E-state index contributed by atoms with van der Waals surface area (Å²) in [6.45, 7) is 2.18. The third-order valence-corrected chi connectivity index (χ3v) is 4.59. The van der Waals surface area contributed by atoms with Gasteiger partial charge in [-0.3, -0.25) is 9.98 Å². The highest BCUT2D eigenvalue weighted by atomic mass is 15.1. The second-order valence-corrected chi connectivity index (χ2v) is 7.12. The largest absolute Gasteiger partial charge is 0.302 e. The Kier molecular flexibility index (Phi) is 6.75. The van der Waals surface area contributed by atoms with Gasteiger partial charge >= 0.3 is 0 Å². The molecule has 0 unspecified atom stereocenters. The molecule has 2 aromatic rings. The normalized spacial score (nSPS) is 14.5. The zero-order chi connectivity index (χ0) is 17.3. The van der Waals surface area contributed by atoms with Crippen molar-refractivity contribution in [1.29, 1.82) is 0 Å². The Hall–Kier alpha value is -2.00. The van der Waals surface area contributed by atoms with E-state index in [1.54, 1.807) is 0 Å². The van der Waals surface area contributed by atoms with Crippen molar-refractivity contribution in [2.24, 2.45) is 4.99 Å². The molecule has 25 heavy (non-hydrogen) atoms. The van der Waals surface area contributed by atoms with E-state index in [1.165, 1.54) is 48.9 Å². The number of aromatic nitrogens is 1. The van der Waals surface area contributed by atoms with Crippen LogP contribution in [-0.2, 0) is 13.0 Å². The maximum Gasteiger partial charge on any atom is 0.0501 e. The molecule has 1 fully saturated rings. The van der Waals surface area contributed by atoms with E-state index in [1.807, 2.05) is 18.5 Å². The number of aliphatic imine (C=N–C) groups is 1. The average Bonchev–Trinajstić information content (AvgIpc) is 3.45. The molecule has 132 valence electrons. The molecule has 0 spiro atoms. The molecule has 1 aromatic heterocycles. The van der Waals surface area contributed by atoms with Crippen LogP contribution in [0.2, 0.25) is 0 Å². The van der Waals surface area contributed by atoms with Gasteiger partial charge in [0.1, 0.15) is 0 Å². The molecule has 1 aromatic carbocycles. The lowest BCUT2D eigenvalue weighted by Crippen LogP contribution is -2.19. The highest BCUT2D eigenvalue weighted by Gasteiger charge is 2.18. The van der Waals surface area contributed by atoms with Gasteiger partial charge in [-0.15, -0.1) is 0 Å². The molecule has 3 rings (SSSR count). The van der Waals surface area contributed by atoms with Gasteiger partial charge < -0.3 is 4.90 Å². The lowest BCUT2D eigenvalue weighted by molar-refractivity contribution is 0.317. The quantitative estimate of drug-likeness (QED) is 0.472. The first-order chi connectivity index (χ1) is 12.3. The van der Waals surface area contributed by atoms with Gasteiger partial charge in [0.25, 0.3) is 0 Å². The van der Waals surface area contributed by atoms with Crippen molar-refractivity contribution in [2.45, 2.75) is 51.1 Å². The number of rotatable bonds is 10. The first-order valence-electron chi connectivity index (χ1n) is 9.50. The minimum absolute atomic E-state index is 0.587. The third-order valence-electron chi connectivity index (χ3n) is 4.59. The second kappa shape index (κ2) is 9.47. The third kappa shape index (κ3) is 6.79. The highest BCUT2D eigenvalue weighted by Crippen LogP contribution is 2.23. The molecular weight excluding hydrogens is 306 g/mol. The molecule has 0 saturated heterocycles. The van der Waals surface area contributed by atoms with E-state index < -0.39 is 0 Å². The topological polar surface area (TPSA) is 28.5 Å². The van der Waals surface area contributed by atoms with Gasteiger partial charge in [-0.1, -0.05) is 36.8 Å². The number of pyridine rings is 1. The summed E-state index contributed by atoms with van der Waals surface area (Å²) in [5.74, 6) is 0. The fourth-order valence-corrected chi connectivity index (χ4v) is 2.97. The molecule has 0 radical (unpaired) electrons. The summed E-state index contributed by atoms with van der Waals surface area (Å²) in [5, 5.41) is 0. The fraction of sp³-hybridized carbons (Fsp3) is 0.455. The van der Waals surface area contributed by atoms with Crippen LogP contribution in [0.1, 0.15) is 48.9 Å². The van der Waals surface area contributed by atoms with Crippen LogP contribution in [0, 0.1) is 0 Å². The van der Waals surface area contributed by atoms with Crippen LogP contribution in [-0.4, -0.2) is 35.7 Å². The summed E-state index contributed by atoms with van der Waals surface area (Å²) in [7, 11) is 2.21. The van der Waals surface area contributed by atoms with E-state index in [0.29, 0.717) is 6.04 Å². The van der Waals surface area contributed by atoms with Crippen molar-refractivity contribution in [3.05, 3.63) is 65.5 Å². The Balaban J connectivity index is 1.32. The molecule has 0 N–H and O–H groups in total. The van der Waals surface area contributed by atoms with Gasteiger partial charge in [-0.2, -0.15) is 0 Å². The summed E-state index contributed by atoms with van der Waals surface area (Å²) < 4.78 is 0. The highest BCUT2D eigenvalue weighted by molar-refractivity contribution is 5.79. The van der Waals surface area contributed by atoms with E-state index in [-0.39, 0.29) is 0 Å². The Morgan fingerprint density at radius 2 is 1.96 bits per heavy atom. The Labute approximate surface area is 151 Å². The van der Waals surface area contributed by atoms with Gasteiger partial charge in [-0.05, 0) is 69.0 Å². The first-order valence-corrected chi connectivity index (χ1v) is 9.50. The summed E-state index contributed by atoms with van der Waals surface area (Å²) in [5.41, 5.74) is 3.77. The maximum absolute atomic E-state index is 4.55. The number of unbranched alkanes of at least 4 members (excludes halogenated alkanes) is 2. The Morgan fingerprint density at radius 1 is 1.12 bits per heavy atom. The number of hydrogen-bond acceptors (Lipinski definition) is 3. The van der Waals surface area contributed by atoms with Crippen LogP contribution in [0.4, 0.5) is 0 Å². The van der Waals surface area contributed by atoms with Crippen LogP contribution >= 0.6 is 0 Å². The monoisotopic (exact) mass is 335 g/mol. The SMILES string of the molecule is CN(CCCCCc1cc(C=NC2CC2)ccn1)Cc1ccccc1. The number of aryl methyl sites for hydroxylation is 1. The van der Waals surface area contributed by atoms with E-state index in [9.17, 15) is 0 Å². The molecular formula is C22H29N3. The summed E-state index contributed by atoms with van der Waals surface area (Å²) in [4.78, 5) is 11.5. The van der Waals surface area contributed by atoms with E-state index >= 15 is 0 Å². The molecule has 1 heterocycles. The van der Waals surface area contributed by atoms with Crippen LogP contribution < -0.4 is 0 Å². The molecule has 0 amide bonds. The van der Waals surface area contributed by atoms with E-state index in [0.717, 1.165) is 19.5 Å². The fourth-order valence-electron chi connectivity index (χ4n) is 2.97. The van der Waals surface area contributed by atoms with Crippen LogP contribution in [0.25, 0.3) is 0 Å². The number of nitrogens with zero attached hydrogens (tertiary/aromatic N) is 3. The Morgan fingerprint density at radius 3 is 2.76 bits per heavy atom. The molecule has 0 bridgehead atoms. The smallest absolute Gasteiger partial charge is 0.0501 e. The Bertz CT molecular complexity index is 662. The second-order valence-electron chi connectivity index (χ2n) is 7.12. The lowest BCUT2D eigenvalue weighted by atomic mass is 10.1. The van der Waals surface area contributed by atoms with Crippen molar-refractivity contribution >= 4 is 6.21 Å². The summed E-state index contributed by atoms with van der Waals surface area (Å²) in [6.07, 6.45) is 11.2. The number of benzene rings is 1. The standard InChI is InChI=1S/C22H29N3/c1-25(18-19-8-4-2-5-9-19)15-7-3-6-10-22-16-20(13-14-23-22)17-24-21-11-12-21/h2,4-5,8-9,13-14,16-17,21H,3,6-7,10-12,15,18H2,1H3. The predicted molar refractivity (Wildman–Crippen MR) is 105 cm³/mol. The van der Waals surface area contributed by atoms with Crippen molar-refractivity contribution in [2.75, 3.05) is 13.6 Å². The van der Waals surface area contributed by atoms with Gasteiger partial charge in [0.15, 0.2) is 0 Å². The van der Waals surface area contributed by atoms with Crippen LogP contribution in [0.15, 0.2) is 53.7 Å². The van der Waals surface area contributed by atoms with Gasteiger partial charge in [0.2, 0.25) is 0 Å². The molecule has 0 aliphatic heterocycles. The molecule has 3 nitrogen and oxygen atoms in total. The minimum atomic E-state index is 0.587.